The smallest absolute Gasteiger partial charge is 0.125 e. The Labute approximate surface area is 78.0 Å². The molecule has 0 aromatic carbocycles. The molecule has 1 aliphatic rings. The highest BCUT2D eigenvalue weighted by molar-refractivity contribution is 5.45. The Morgan fingerprint density at radius 1 is 1.38 bits per heavy atom. The second-order valence-corrected chi connectivity index (χ2v) is 3.38. The second-order valence-electron chi connectivity index (χ2n) is 3.38. The molecule has 0 atom stereocenters. The van der Waals surface area contributed by atoms with E-state index < -0.39 is 0 Å². The summed E-state index contributed by atoms with van der Waals surface area (Å²) < 4.78 is 0. The van der Waals surface area contributed by atoms with Crippen molar-refractivity contribution in [1.29, 1.82) is 0 Å². The van der Waals surface area contributed by atoms with Gasteiger partial charge in [-0.3, -0.25) is 0 Å². The lowest BCUT2D eigenvalue weighted by Gasteiger charge is -2.40. The Balaban J connectivity index is 1.99. The molecule has 4 nitrogen and oxygen atoms in total. The van der Waals surface area contributed by atoms with Gasteiger partial charge in [0.2, 0.25) is 0 Å². The van der Waals surface area contributed by atoms with Crippen LogP contribution in [0.3, 0.4) is 0 Å². The highest BCUT2D eigenvalue weighted by atomic mass is 15.3. The van der Waals surface area contributed by atoms with Crippen molar-refractivity contribution in [3.63, 3.8) is 0 Å². The van der Waals surface area contributed by atoms with Crippen molar-refractivity contribution < 1.29 is 0 Å². The number of hydrogen-bond acceptors (Lipinski definition) is 4. The van der Waals surface area contributed by atoms with Crippen molar-refractivity contribution in [1.82, 2.24) is 15.3 Å². The van der Waals surface area contributed by atoms with E-state index in [-0.39, 0.29) is 0 Å². The van der Waals surface area contributed by atoms with E-state index in [4.69, 9.17) is 0 Å². The molecule has 1 aromatic rings. The van der Waals surface area contributed by atoms with Crippen LogP contribution in [-0.2, 0) is 0 Å². The van der Waals surface area contributed by atoms with E-state index in [2.05, 4.69) is 20.2 Å². The van der Waals surface area contributed by atoms with Crippen molar-refractivity contribution in [2.75, 3.05) is 25.0 Å². The van der Waals surface area contributed by atoms with Crippen LogP contribution >= 0.6 is 0 Å². The van der Waals surface area contributed by atoms with Crippen molar-refractivity contribution >= 4 is 5.69 Å². The molecule has 1 N–H and O–H groups in total. The SMILES string of the molecule is CNC1CN(c2cnc(C)nc2)C1. The van der Waals surface area contributed by atoms with Gasteiger partial charge in [-0.05, 0) is 14.0 Å². The van der Waals surface area contributed by atoms with Crippen LogP contribution in [0.15, 0.2) is 12.4 Å². The van der Waals surface area contributed by atoms with Gasteiger partial charge in [-0.2, -0.15) is 0 Å². The molecular weight excluding hydrogens is 164 g/mol. The fourth-order valence-electron chi connectivity index (χ4n) is 1.42. The lowest BCUT2D eigenvalue weighted by Crippen LogP contribution is -2.57. The topological polar surface area (TPSA) is 41.0 Å². The Morgan fingerprint density at radius 3 is 2.54 bits per heavy atom. The van der Waals surface area contributed by atoms with Crippen LogP contribution < -0.4 is 10.2 Å². The predicted molar refractivity (Wildman–Crippen MR) is 51.8 cm³/mol. The molecule has 0 saturated carbocycles. The van der Waals surface area contributed by atoms with Crippen LogP contribution in [0, 0.1) is 6.92 Å². The maximum absolute atomic E-state index is 4.16. The van der Waals surface area contributed by atoms with Gasteiger partial charge in [0.25, 0.3) is 0 Å². The van der Waals surface area contributed by atoms with Gasteiger partial charge in [-0.1, -0.05) is 0 Å². The summed E-state index contributed by atoms with van der Waals surface area (Å²) in [6, 6.07) is 0.626. The molecule has 1 saturated heterocycles. The van der Waals surface area contributed by atoms with Gasteiger partial charge in [0.15, 0.2) is 0 Å². The highest BCUT2D eigenvalue weighted by Gasteiger charge is 2.25. The van der Waals surface area contributed by atoms with Crippen molar-refractivity contribution in [2.24, 2.45) is 0 Å². The van der Waals surface area contributed by atoms with Gasteiger partial charge < -0.3 is 10.2 Å². The second kappa shape index (κ2) is 3.30. The Hall–Kier alpha value is -1.16. The number of hydrogen-bond donors (Lipinski definition) is 1. The van der Waals surface area contributed by atoms with Crippen LogP contribution in [0.25, 0.3) is 0 Å². The fourth-order valence-corrected chi connectivity index (χ4v) is 1.42. The Bertz CT molecular complexity index is 276. The molecule has 13 heavy (non-hydrogen) atoms. The minimum Gasteiger partial charge on any atom is -0.366 e. The molecule has 0 spiro atoms. The number of aromatic nitrogens is 2. The zero-order valence-corrected chi connectivity index (χ0v) is 7.99. The first-order valence-corrected chi connectivity index (χ1v) is 4.50. The van der Waals surface area contributed by atoms with E-state index in [1.807, 2.05) is 26.4 Å². The number of rotatable bonds is 2. The first-order valence-electron chi connectivity index (χ1n) is 4.50. The molecule has 0 radical (unpaired) electrons. The molecule has 1 aliphatic heterocycles. The summed E-state index contributed by atoms with van der Waals surface area (Å²) in [7, 11) is 1.99. The van der Waals surface area contributed by atoms with E-state index in [1.54, 1.807) is 0 Å². The molecule has 0 amide bonds. The number of nitrogens with one attached hydrogen (secondary N) is 1. The number of anilines is 1. The van der Waals surface area contributed by atoms with Crippen molar-refractivity contribution in [3.05, 3.63) is 18.2 Å². The van der Waals surface area contributed by atoms with Gasteiger partial charge in [-0.25, -0.2) is 9.97 Å². The number of likely N-dealkylation sites (N-methyl/N-ethyl adjacent to an activating group) is 1. The quantitative estimate of drug-likeness (QED) is 0.702. The zero-order valence-electron chi connectivity index (χ0n) is 7.99. The molecule has 2 heterocycles. The van der Waals surface area contributed by atoms with Gasteiger partial charge in [0.1, 0.15) is 5.82 Å². The minimum atomic E-state index is 0.626. The summed E-state index contributed by atoms with van der Waals surface area (Å²) in [5.74, 6) is 0.828. The summed E-state index contributed by atoms with van der Waals surface area (Å²) >= 11 is 0. The Morgan fingerprint density at radius 2 is 2.00 bits per heavy atom. The summed E-state index contributed by atoms with van der Waals surface area (Å²) in [5, 5.41) is 3.23. The average Bonchev–Trinajstić information content (AvgIpc) is 2.06. The van der Waals surface area contributed by atoms with Crippen LogP contribution in [0.4, 0.5) is 5.69 Å². The molecule has 2 rings (SSSR count). The van der Waals surface area contributed by atoms with Gasteiger partial charge in [0.05, 0.1) is 18.1 Å². The first kappa shape index (κ1) is 8.44. The van der Waals surface area contributed by atoms with Crippen LogP contribution in [-0.4, -0.2) is 36.1 Å². The van der Waals surface area contributed by atoms with E-state index in [0.29, 0.717) is 6.04 Å². The number of nitrogens with zero attached hydrogens (tertiary/aromatic N) is 3. The minimum absolute atomic E-state index is 0.626. The zero-order chi connectivity index (χ0) is 9.26. The molecule has 0 aliphatic carbocycles. The maximum Gasteiger partial charge on any atom is 0.125 e. The molecule has 4 heteroatoms. The van der Waals surface area contributed by atoms with Gasteiger partial charge in [0, 0.05) is 19.1 Å². The lowest BCUT2D eigenvalue weighted by atomic mass is 10.1. The number of aryl methyl sites for hydroxylation is 1. The van der Waals surface area contributed by atoms with Crippen molar-refractivity contribution in [3.8, 4) is 0 Å². The summed E-state index contributed by atoms with van der Waals surface area (Å²) in [5.41, 5.74) is 1.12. The largest absolute Gasteiger partial charge is 0.366 e. The van der Waals surface area contributed by atoms with Crippen LogP contribution in [0.2, 0.25) is 0 Å². The monoisotopic (exact) mass is 178 g/mol. The molecule has 0 bridgehead atoms. The third kappa shape index (κ3) is 1.62. The van der Waals surface area contributed by atoms with E-state index in [9.17, 15) is 0 Å². The van der Waals surface area contributed by atoms with Crippen LogP contribution in [0.5, 0.6) is 0 Å². The highest BCUT2D eigenvalue weighted by Crippen LogP contribution is 2.18. The predicted octanol–water partition coefficient (Wildman–Crippen LogP) is 0.193. The van der Waals surface area contributed by atoms with Crippen molar-refractivity contribution in [2.45, 2.75) is 13.0 Å². The molecular formula is C9H14N4. The average molecular weight is 178 g/mol. The van der Waals surface area contributed by atoms with E-state index in [0.717, 1.165) is 24.6 Å². The van der Waals surface area contributed by atoms with Gasteiger partial charge in [-0.15, -0.1) is 0 Å². The standard InChI is InChI=1S/C9H14N4/c1-7-11-3-9(4-12-7)13-5-8(6-13)10-2/h3-4,8,10H,5-6H2,1-2H3. The lowest BCUT2D eigenvalue weighted by molar-refractivity contribution is 0.449. The molecule has 1 aromatic heterocycles. The van der Waals surface area contributed by atoms with Crippen LogP contribution in [0.1, 0.15) is 5.82 Å². The summed E-state index contributed by atoms with van der Waals surface area (Å²) in [4.78, 5) is 10.6. The first-order chi connectivity index (χ1) is 6.29. The molecule has 1 fully saturated rings. The molecule has 0 unspecified atom stereocenters. The van der Waals surface area contributed by atoms with E-state index in [1.165, 1.54) is 0 Å². The van der Waals surface area contributed by atoms with E-state index >= 15 is 0 Å². The van der Waals surface area contributed by atoms with Gasteiger partial charge >= 0.3 is 0 Å². The summed E-state index contributed by atoms with van der Waals surface area (Å²) in [6.45, 7) is 4.02. The fraction of sp³-hybridized carbons (Fsp3) is 0.556. The third-order valence-corrected chi connectivity index (χ3v) is 2.42. The third-order valence-electron chi connectivity index (χ3n) is 2.42. The maximum atomic E-state index is 4.16. The Kier molecular flexibility index (Phi) is 2.14. The summed E-state index contributed by atoms with van der Waals surface area (Å²) in [6.07, 6.45) is 3.77. The normalized spacial score (nSPS) is 17.2. The molecule has 70 valence electrons.